The number of nitrogens with one attached hydrogen (secondary N) is 1. The van der Waals surface area contributed by atoms with Gasteiger partial charge in [0, 0.05) is 7.11 Å². The van der Waals surface area contributed by atoms with Gasteiger partial charge in [-0.2, -0.15) is 13.2 Å². The van der Waals surface area contributed by atoms with E-state index in [1.165, 1.54) is 19.2 Å². The molecule has 1 unspecified atom stereocenters. The molecule has 3 nitrogen and oxygen atoms in total. The zero-order chi connectivity index (χ0) is 14.0. The molecule has 0 bridgehead atoms. The van der Waals surface area contributed by atoms with E-state index in [0.29, 0.717) is 0 Å². The van der Waals surface area contributed by atoms with Crippen LogP contribution < -0.4 is 11.3 Å². The van der Waals surface area contributed by atoms with Gasteiger partial charge in [-0.3, -0.25) is 11.3 Å². The molecule has 1 aromatic carbocycles. The fraction of sp³-hybridized carbons (Fsp3) is 0.500. The molecule has 6 heteroatoms. The maximum Gasteiger partial charge on any atom is 0.416 e. The fourth-order valence-electron chi connectivity index (χ4n) is 1.79. The highest BCUT2D eigenvalue weighted by Gasteiger charge is 2.39. The molecule has 0 aliphatic carbocycles. The number of nitrogens with two attached hydrogens (primary N) is 1. The number of methoxy groups -OCH3 is 1. The second-order valence-electron chi connectivity index (χ2n) is 4.49. The van der Waals surface area contributed by atoms with E-state index in [1.807, 2.05) is 0 Å². The average Bonchev–Trinajstić information content (AvgIpc) is 2.29. The van der Waals surface area contributed by atoms with E-state index >= 15 is 0 Å². The summed E-state index contributed by atoms with van der Waals surface area (Å²) in [5.41, 5.74) is 0.891. The molecule has 0 fully saturated rings. The summed E-state index contributed by atoms with van der Waals surface area (Å²) in [5, 5.41) is 0. The highest BCUT2D eigenvalue weighted by Crippen LogP contribution is 2.38. The summed E-state index contributed by atoms with van der Waals surface area (Å²) < 4.78 is 44.0. The van der Waals surface area contributed by atoms with Crippen LogP contribution in [0.15, 0.2) is 24.3 Å². The number of hydrazine groups is 1. The Morgan fingerprint density at radius 3 is 2.22 bits per heavy atom. The largest absolute Gasteiger partial charge is 0.416 e. The molecular formula is C12H17F3N2O. The van der Waals surface area contributed by atoms with E-state index in [4.69, 9.17) is 10.6 Å². The Labute approximate surface area is 104 Å². The van der Waals surface area contributed by atoms with E-state index in [-0.39, 0.29) is 5.56 Å². The molecule has 1 rings (SSSR count). The molecule has 0 heterocycles. The van der Waals surface area contributed by atoms with Crippen LogP contribution in [0.1, 0.15) is 31.0 Å². The predicted molar refractivity (Wildman–Crippen MR) is 62.6 cm³/mol. The molecule has 0 saturated carbocycles. The van der Waals surface area contributed by atoms with Gasteiger partial charge in [-0.15, -0.1) is 0 Å². The van der Waals surface area contributed by atoms with E-state index in [2.05, 4.69) is 5.43 Å². The van der Waals surface area contributed by atoms with Gasteiger partial charge in [-0.1, -0.05) is 18.2 Å². The standard InChI is InChI=1S/C12H17F3N2O/c1-11(2,18-3)10(17-16)8-6-4-5-7-9(8)12(13,14)15/h4-7,10,17H,16H2,1-3H3. The van der Waals surface area contributed by atoms with E-state index in [0.717, 1.165) is 6.07 Å². The van der Waals surface area contributed by atoms with E-state index in [1.54, 1.807) is 19.9 Å². The van der Waals surface area contributed by atoms with Crippen LogP contribution in [0.5, 0.6) is 0 Å². The third-order valence-electron chi connectivity index (χ3n) is 2.97. The van der Waals surface area contributed by atoms with Crippen molar-refractivity contribution in [2.24, 2.45) is 5.84 Å². The molecule has 0 spiro atoms. The molecule has 18 heavy (non-hydrogen) atoms. The predicted octanol–water partition coefficient (Wildman–Crippen LogP) is 2.63. The Hall–Kier alpha value is -1.11. The Kier molecular flexibility index (Phi) is 4.37. The number of hydrogen-bond acceptors (Lipinski definition) is 3. The number of ether oxygens (including phenoxy) is 1. The summed E-state index contributed by atoms with van der Waals surface area (Å²) in [4.78, 5) is 0. The fourth-order valence-corrected chi connectivity index (χ4v) is 1.79. The molecule has 1 aromatic rings. The van der Waals surface area contributed by atoms with Gasteiger partial charge < -0.3 is 4.74 Å². The van der Waals surface area contributed by atoms with Gasteiger partial charge in [0.05, 0.1) is 17.2 Å². The van der Waals surface area contributed by atoms with Crippen LogP contribution in [0, 0.1) is 0 Å². The lowest BCUT2D eigenvalue weighted by Crippen LogP contribution is -2.44. The molecule has 0 aliphatic heterocycles. The molecule has 0 aromatic heterocycles. The monoisotopic (exact) mass is 262 g/mol. The van der Waals surface area contributed by atoms with E-state index < -0.39 is 23.4 Å². The van der Waals surface area contributed by atoms with Gasteiger partial charge in [-0.05, 0) is 25.5 Å². The molecular weight excluding hydrogens is 245 g/mol. The van der Waals surface area contributed by atoms with Gasteiger partial charge in [0.25, 0.3) is 0 Å². The third-order valence-corrected chi connectivity index (χ3v) is 2.97. The topological polar surface area (TPSA) is 47.3 Å². The van der Waals surface area contributed by atoms with Crippen LogP contribution in [-0.4, -0.2) is 12.7 Å². The number of alkyl halides is 3. The smallest absolute Gasteiger partial charge is 0.377 e. The lowest BCUT2D eigenvalue weighted by molar-refractivity contribution is -0.139. The summed E-state index contributed by atoms with van der Waals surface area (Å²) in [7, 11) is 1.43. The van der Waals surface area contributed by atoms with Gasteiger partial charge in [0.15, 0.2) is 0 Å². The first-order valence-electron chi connectivity index (χ1n) is 5.41. The van der Waals surface area contributed by atoms with Crippen molar-refractivity contribution >= 4 is 0 Å². The highest BCUT2D eigenvalue weighted by atomic mass is 19.4. The van der Waals surface area contributed by atoms with Crippen molar-refractivity contribution in [1.29, 1.82) is 0 Å². The lowest BCUT2D eigenvalue weighted by Gasteiger charge is -2.34. The summed E-state index contributed by atoms with van der Waals surface area (Å²) in [6, 6.07) is 4.56. The molecule has 102 valence electrons. The van der Waals surface area contributed by atoms with Crippen molar-refractivity contribution < 1.29 is 17.9 Å². The van der Waals surface area contributed by atoms with Crippen LogP contribution in [0.4, 0.5) is 13.2 Å². The maximum atomic E-state index is 12.9. The van der Waals surface area contributed by atoms with Crippen LogP contribution in [0.25, 0.3) is 0 Å². The quantitative estimate of drug-likeness (QED) is 0.647. The maximum absolute atomic E-state index is 12.9. The molecule has 0 radical (unpaired) electrons. The Balaban J connectivity index is 3.31. The first-order valence-corrected chi connectivity index (χ1v) is 5.41. The summed E-state index contributed by atoms with van der Waals surface area (Å²) in [6.45, 7) is 3.34. The first kappa shape index (κ1) is 14.9. The van der Waals surface area contributed by atoms with Gasteiger partial charge >= 0.3 is 6.18 Å². The van der Waals surface area contributed by atoms with Gasteiger partial charge in [0.1, 0.15) is 0 Å². The second-order valence-corrected chi connectivity index (χ2v) is 4.49. The lowest BCUT2D eigenvalue weighted by atomic mass is 9.89. The van der Waals surface area contributed by atoms with Crippen molar-refractivity contribution in [1.82, 2.24) is 5.43 Å². The van der Waals surface area contributed by atoms with E-state index in [9.17, 15) is 13.2 Å². The molecule has 0 amide bonds. The number of halogens is 3. The minimum absolute atomic E-state index is 0.0688. The number of hydrogen-bond donors (Lipinski definition) is 2. The van der Waals surface area contributed by atoms with Crippen LogP contribution in [0.2, 0.25) is 0 Å². The summed E-state index contributed by atoms with van der Waals surface area (Å²) >= 11 is 0. The van der Waals surface area contributed by atoms with Crippen LogP contribution >= 0.6 is 0 Å². The van der Waals surface area contributed by atoms with Gasteiger partial charge in [-0.25, -0.2) is 0 Å². The molecule has 3 N–H and O–H groups in total. The van der Waals surface area contributed by atoms with Gasteiger partial charge in [0.2, 0.25) is 0 Å². The SMILES string of the molecule is COC(C)(C)C(NN)c1ccccc1C(F)(F)F. The Morgan fingerprint density at radius 2 is 1.78 bits per heavy atom. The zero-order valence-electron chi connectivity index (χ0n) is 10.5. The zero-order valence-corrected chi connectivity index (χ0v) is 10.5. The minimum Gasteiger partial charge on any atom is -0.377 e. The molecule has 0 saturated heterocycles. The first-order chi connectivity index (χ1) is 8.24. The van der Waals surface area contributed by atoms with Crippen molar-refractivity contribution in [3.8, 4) is 0 Å². The Morgan fingerprint density at radius 1 is 1.22 bits per heavy atom. The van der Waals surface area contributed by atoms with Crippen molar-refractivity contribution in [3.05, 3.63) is 35.4 Å². The van der Waals surface area contributed by atoms with Crippen molar-refractivity contribution in [2.75, 3.05) is 7.11 Å². The third kappa shape index (κ3) is 3.01. The Bertz CT molecular complexity index is 405. The number of rotatable bonds is 4. The minimum atomic E-state index is -4.42. The summed E-state index contributed by atoms with van der Waals surface area (Å²) in [5.74, 6) is 5.38. The second kappa shape index (κ2) is 5.26. The summed E-state index contributed by atoms with van der Waals surface area (Å²) in [6.07, 6.45) is -4.42. The van der Waals surface area contributed by atoms with Crippen molar-refractivity contribution in [2.45, 2.75) is 31.7 Å². The molecule has 0 aliphatic rings. The highest BCUT2D eigenvalue weighted by molar-refractivity contribution is 5.33. The average molecular weight is 262 g/mol. The molecule has 1 atom stereocenters. The normalized spacial score (nSPS) is 14.6. The van der Waals surface area contributed by atoms with Crippen molar-refractivity contribution in [3.63, 3.8) is 0 Å². The number of benzene rings is 1. The van der Waals surface area contributed by atoms with Crippen LogP contribution in [-0.2, 0) is 10.9 Å². The van der Waals surface area contributed by atoms with Crippen LogP contribution in [0.3, 0.4) is 0 Å².